The van der Waals surface area contributed by atoms with E-state index in [4.69, 9.17) is 4.42 Å². The molecular weight excluding hydrogens is 281 g/mol. The number of nitrogens with zero attached hydrogens (tertiary/aromatic N) is 4. The fourth-order valence-electron chi connectivity index (χ4n) is 1.58. The Morgan fingerprint density at radius 1 is 1.25 bits per heavy atom. The minimum atomic E-state index is -0.303. The van der Waals surface area contributed by atoms with Crippen LogP contribution >= 0.6 is 11.8 Å². The molecule has 0 unspecified atom stereocenters. The molecule has 0 aliphatic heterocycles. The van der Waals surface area contributed by atoms with Gasteiger partial charge in [0.15, 0.2) is 5.16 Å². The normalized spacial score (nSPS) is 12.5. The van der Waals surface area contributed by atoms with E-state index in [1.54, 1.807) is 12.1 Å². The molecular formula is C12H10FN5OS. The molecule has 0 spiro atoms. The van der Waals surface area contributed by atoms with Crippen molar-refractivity contribution in [3.8, 4) is 11.5 Å². The summed E-state index contributed by atoms with van der Waals surface area (Å²) in [4.78, 5) is 4.02. The Labute approximate surface area is 117 Å². The van der Waals surface area contributed by atoms with Crippen LogP contribution in [0.1, 0.15) is 18.1 Å². The average Bonchev–Trinajstić information content (AvgIpc) is 3.10. The van der Waals surface area contributed by atoms with Crippen molar-refractivity contribution in [3.05, 3.63) is 42.3 Å². The molecule has 0 aliphatic rings. The summed E-state index contributed by atoms with van der Waals surface area (Å²) in [6.45, 7) is 1.93. The van der Waals surface area contributed by atoms with Crippen LogP contribution in [0.2, 0.25) is 0 Å². The molecule has 8 heteroatoms. The summed E-state index contributed by atoms with van der Waals surface area (Å²) in [5, 5.41) is 15.1. The number of nitrogens with one attached hydrogen (secondary N) is 1. The summed E-state index contributed by atoms with van der Waals surface area (Å²) in [7, 11) is 0. The van der Waals surface area contributed by atoms with Crippen molar-refractivity contribution >= 4 is 11.8 Å². The standard InChI is InChI=1S/C12H10FN5OS/c1-7(20-12-14-6-15-18-12)10-16-17-11(19-10)8-2-4-9(13)5-3-8/h2-7H,1H3,(H,14,15,18)/t7-/m0/s1. The van der Waals surface area contributed by atoms with Gasteiger partial charge in [0.05, 0.1) is 5.25 Å². The summed E-state index contributed by atoms with van der Waals surface area (Å²) < 4.78 is 18.5. The first-order valence-electron chi connectivity index (χ1n) is 5.84. The molecule has 1 N–H and O–H groups in total. The Balaban J connectivity index is 1.77. The van der Waals surface area contributed by atoms with Crippen molar-refractivity contribution < 1.29 is 8.81 Å². The second-order valence-corrected chi connectivity index (χ2v) is 5.33. The number of aromatic amines is 1. The van der Waals surface area contributed by atoms with E-state index in [-0.39, 0.29) is 11.1 Å². The number of hydrogen-bond donors (Lipinski definition) is 1. The zero-order valence-corrected chi connectivity index (χ0v) is 11.3. The number of rotatable bonds is 4. The van der Waals surface area contributed by atoms with E-state index in [0.717, 1.165) is 0 Å². The topological polar surface area (TPSA) is 80.5 Å². The smallest absolute Gasteiger partial charge is 0.247 e. The van der Waals surface area contributed by atoms with Gasteiger partial charge in [0.2, 0.25) is 11.8 Å². The monoisotopic (exact) mass is 291 g/mol. The van der Waals surface area contributed by atoms with Gasteiger partial charge in [-0.2, -0.15) is 5.10 Å². The summed E-state index contributed by atoms with van der Waals surface area (Å²) in [5.41, 5.74) is 0.682. The number of hydrogen-bond acceptors (Lipinski definition) is 6. The molecule has 1 atom stereocenters. The van der Waals surface area contributed by atoms with Gasteiger partial charge in [-0.25, -0.2) is 9.37 Å². The lowest BCUT2D eigenvalue weighted by Gasteiger charge is -2.02. The molecule has 0 saturated carbocycles. The van der Waals surface area contributed by atoms with Crippen LogP contribution in [0.25, 0.3) is 11.5 Å². The van der Waals surface area contributed by atoms with E-state index >= 15 is 0 Å². The Bertz CT molecular complexity index is 682. The van der Waals surface area contributed by atoms with Crippen LogP contribution < -0.4 is 0 Å². The van der Waals surface area contributed by atoms with E-state index in [1.165, 1.54) is 30.2 Å². The number of halogens is 1. The van der Waals surface area contributed by atoms with Crippen molar-refractivity contribution in [2.45, 2.75) is 17.3 Å². The number of benzene rings is 1. The van der Waals surface area contributed by atoms with Crippen LogP contribution in [0.5, 0.6) is 0 Å². The molecule has 0 amide bonds. The quantitative estimate of drug-likeness (QED) is 0.744. The maximum atomic E-state index is 12.9. The summed E-state index contributed by atoms with van der Waals surface area (Å²) in [6.07, 6.45) is 1.44. The molecule has 0 saturated heterocycles. The molecule has 3 rings (SSSR count). The predicted molar refractivity (Wildman–Crippen MR) is 70.3 cm³/mol. The van der Waals surface area contributed by atoms with Gasteiger partial charge in [-0.3, -0.25) is 5.10 Å². The molecule has 6 nitrogen and oxygen atoms in total. The van der Waals surface area contributed by atoms with Gasteiger partial charge < -0.3 is 4.42 Å². The van der Waals surface area contributed by atoms with Gasteiger partial charge in [0.1, 0.15) is 12.1 Å². The third kappa shape index (κ3) is 2.69. The van der Waals surface area contributed by atoms with Crippen LogP contribution in [0.3, 0.4) is 0 Å². The van der Waals surface area contributed by atoms with E-state index in [2.05, 4.69) is 25.4 Å². The minimum Gasteiger partial charge on any atom is -0.419 e. The first-order valence-corrected chi connectivity index (χ1v) is 6.71. The van der Waals surface area contributed by atoms with Gasteiger partial charge in [-0.05, 0) is 31.2 Å². The van der Waals surface area contributed by atoms with Crippen LogP contribution in [0, 0.1) is 5.82 Å². The molecule has 0 aliphatic carbocycles. The maximum absolute atomic E-state index is 12.9. The molecule has 102 valence electrons. The fourth-order valence-corrected chi connectivity index (χ4v) is 2.32. The zero-order valence-electron chi connectivity index (χ0n) is 10.4. The maximum Gasteiger partial charge on any atom is 0.247 e. The number of thioether (sulfide) groups is 1. The Morgan fingerprint density at radius 3 is 2.75 bits per heavy atom. The van der Waals surface area contributed by atoms with Crippen LogP contribution in [0.15, 0.2) is 40.2 Å². The lowest BCUT2D eigenvalue weighted by Crippen LogP contribution is -1.89. The molecule has 3 aromatic rings. The summed E-state index contributed by atoms with van der Waals surface area (Å²) in [6, 6.07) is 5.90. The third-order valence-corrected chi connectivity index (χ3v) is 3.54. The van der Waals surface area contributed by atoms with E-state index in [9.17, 15) is 4.39 Å². The Kier molecular flexibility index (Phi) is 3.46. The first kappa shape index (κ1) is 12.8. The van der Waals surface area contributed by atoms with Crippen LogP contribution in [-0.2, 0) is 0 Å². The average molecular weight is 291 g/mol. The van der Waals surface area contributed by atoms with Gasteiger partial charge in [0, 0.05) is 5.56 Å². The van der Waals surface area contributed by atoms with E-state index in [1.807, 2.05) is 6.92 Å². The SMILES string of the molecule is C[C@H](Sc1ncn[nH]1)c1nnc(-c2ccc(F)cc2)o1. The van der Waals surface area contributed by atoms with Crippen molar-refractivity contribution in [3.63, 3.8) is 0 Å². The molecule has 2 heterocycles. The first-order chi connectivity index (χ1) is 9.72. The fraction of sp³-hybridized carbons (Fsp3) is 0.167. The summed E-state index contributed by atoms with van der Waals surface area (Å²) in [5.74, 6) is 0.540. The highest BCUT2D eigenvalue weighted by molar-refractivity contribution is 7.99. The molecule has 0 fully saturated rings. The van der Waals surface area contributed by atoms with Crippen molar-refractivity contribution in [1.82, 2.24) is 25.4 Å². The highest BCUT2D eigenvalue weighted by Crippen LogP contribution is 2.32. The van der Waals surface area contributed by atoms with Crippen LogP contribution in [0.4, 0.5) is 4.39 Å². The molecule has 2 aromatic heterocycles. The van der Waals surface area contributed by atoms with Gasteiger partial charge in [0.25, 0.3) is 0 Å². The lowest BCUT2D eigenvalue weighted by atomic mass is 10.2. The van der Waals surface area contributed by atoms with Crippen molar-refractivity contribution in [2.75, 3.05) is 0 Å². The van der Waals surface area contributed by atoms with Gasteiger partial charge in [-0.1, -0.05) is 11.8 Å². The third-order valence-electron chi connectivity index (χ3n) is 2.56. The predicted octanol–water partition coefficient (Wildman–Crippen LogP) is 2.85. The highest BCUT2D eigenvalue weighted by Gasteiger charge is 2.17. The molecule has 20 heavy (non-hydrogen) atoms. The van der Waals surface area contributed by atoms with Crippen LogP contribution in [-0.4, -0.2) is 25.4 Å². The second-order valence-electron chi connectivity index (χ2n) is 4.00. The lowest BCUT2D eigenvalue weighted by molar-refractivity contribution is 0.509. The van der Waals surface area contributed by atoms with E-state index in [0.29, 0.717) is 22.5 Å². The second kappa shape index (κ2) is 5.41. The largest absolute Gasteiger partial charge is 0.419 e. The highest BCUT2D eigenvalue weighted by atomic mass is 32.2. The molecule has 0 radical (unpaired) electrons. The zero-order chi connectivity index (χ0) is 13.9. The van der Waals surface area contributed by atoms with E-state index < -0.39 is 0 Å². The number of H-pyrrole nitrogens is 1. The number of aromatic nitrogens is 5. The molecule has 1 aromatic carbocycles. The minimum absolute atomic E-state index is 0.0651. The molecule has 0 bridgehead atoms. The van der Waals surface area contributed by atoms with Crippen molar-refractivity contribution in [1.29, 1.82) is 0 Å². The Hall–Kier alpha value is -2.22. The Morgan fingerprint density at radius 2 is 2.05 bits per heavy atom. The van der Waals surface area contributed by atoms with Crippen molar-refractivity contribution in [2.24, 2.45) is 0 Å². The van der Waals surface area contributed by atoms with Gasteiger partial charge in [-0.15, -0.1) is 10.2 Å². The van der Waals surface area contributed by atoms with Gasteiger partial charge >= 0.3 is 0 Å². The summed E-state index contributed by atoms with van der Waals surface area (Å²) >= 11 is 1.43.